The lowest BCUT2D eigenvalue weighted by Gasteiger charge is -2.20. The topological polar surface area (TPSA) is 97.9 Å². The minimum Gasteiger partial charge on any atom is -0.493 e. The van der Waals surface area contributed by atoms with Gasteiger partial charge in [-0.2, -0.15) is 0 Å². The van der Waals surface area contributed by atoms with Gasteiger partial charge in [0.05, 0.1) is 21.3 Å². The van der Waals surface area contributed by atoms with Gasteiger partial charge in [-0.25, -0.2) is 0 Å². The molecule has 31 heavy (non-hydrogen) atoms. The molecule has 0 saturated heterocycles. The van der Waals surface area contributed by atoms with E-state index in [2.05, 4.69) is 16.0 Å². The fourth-order valence-corrected chi connectivity index (χ4v) is 2.91. The molecule has 2 aromatic rings. The minimum atomic E-state index is -0.460. The molecule has 166 valence electrons. The van der Waals surface area contributed by atoms with E-state index in [4.69, 9.17) is 26.4 Å². The highest BCUT2D eigenvalue weighted by atomic mass is 32.1. The molecule has 0 aliphatic heterocycles. The first-order chi connectivity index (χ1) is 14.6. The Bertz CT molecular complexity index is 960. The van der Waals surface area contributed by atoms with Gasteiger partial charge >= 0.3 is 0 Å². The van der Waals surface area contributed by atoms with E-state index in [-0.39, 0.29) is 22.1 Å². The first-order valence-electron chi connectivity index (χ1n) is 9.43. The maximum atomic E-state index is 12.7. The van der Waals surface area contributed by atoms with E-state index >= 15 is 0 Å². The number of ether oxygens (including phenoxy) is 3. The van der Waals surface area contributed by atoms with Crippen molar-refractivity contribution in [3.05, 3.63) is 47.5 Å². The molecule has 0 fully saturated rings. The molecule has 2 rings (SSSR count). The highest BCUT2D eigenvalue weighted by Gasteiger charge is 2.18. The molecule has 0 heterocycles. The minimum absolute atomic E-state index is 0.0760. The van der Waals surface area contributed by atoms with Crippen molar-refractivity contribution in [1.29, 1.82) is 0 Å². The molecular formula is C22H27N3O5S. The number of nitrogens with one attached hydrogen (secondary N) is 3. The normalized spacial score (nSPS) is 10.6. The van der Waals surface area contributed by atoms with E-state index in [0.29, 0.717) is 28.5 Å². The van der Waals surface area contributed by atoms with Crippen LogP contribution in [-0.2, 0) is 0 Å². The van der Waals surface area contributed by atoms with Crippen molar-refractivity contribution in [3.8, 4) is 17.2 Å². The van der Waals surface area contributed by atoms with Crippen molar-refractivity contribution >= 4 is 34.8 Å². The third-order valence-electron chi connectivity index (χ3n) is 4.03. The van der Waals surface area contributed by atoms with Crippen LogP contribution in [0, 0.1) is 0 Å². The summed E-state index contributed by atoms with van der Waals surface area (Å²) in [5.41, 5.74) is 0.956. The summed E-state index contributed by atoms with van der Waals surface area (Å²) < 4.78 is 15.8. The first kappa shape index (κ1) is 23.9. The number of anilines is 1. The van der Waals surface area contributed by atoms with Gasteiger partial charge in [0, 0.05) is 22.4 Å². The summed E-state index contributed by atoms with van der Waals surface area (Å²) in [4.78, 5) is 25.0. The van der Waals surface area contributed by atoms with Gasteiger partial charge in [-0.1, -0.05) is 6.07 Å². The summed E-state index contributed by atoms with van der Waals surface area (Å²) in [6.45, 7) is 5.71. The van der Waals surface area contributed by atoms with Crippen molar-refractivity contribution in [1.82, 2.24) is 10.6 Å². The van der Waals surface area contributed by atoms with E-state index in [9.17, 15) is 9.59 Å². The Morgan fingerprint density at radius 2 is 1.48 bits per heavy atom. The number of hydrogen-bond donors (Lipinski definition) is 3. The summed E-state index contributed by atoms with van der Waals surface area (Å²) in [6, 6.07) is 9.87. The Kier molecular flexibility index (Phi) is 7.82. The molecule has 0 radical (unpaired) electrons. The average molecular weight is 446 g/mol. The van der Waals surface area contributed by atoms with Crippen LogP contribution in [0.5, 0.6) is 17.2 Å². The van der Waals surface area contributed by atoms with Crippen LogP contribution in [0.1, 0.15) is 41.5 Å². The van der Waals surface area contributed by atoms with Gasteiger partial charge in [0.25, 0.3) is 11.8 Å². The van der Waals surface area contributed by atoms with Gasteiger partial charge in [-0.15, -0.1) is 0 Å². The Morgan fingerprint density at radius 3 is 2.00 bits per heavy atom. The fourth-order valence-electron chi connectivity index (χ4n) is 2.70. The predicted octanol–water partition coefficient (Wildman–Crippen LogP) is 3.37. The second kappa shape index (κ2) is 10.1. The van der Waals surface area contributed by atoms with Crippen LogP contribution in [0.4, 0.5) is 5.69 Å². The number of rotatable bonds is 6. The molecule has 9 heteroatoms. The van der Waals surface area contributed by atoms with Crippen molar-refractivity contribution in [2.45, 2.75) is 26.3 Å². The average Bonchev–Trinajstić information content (AvgIpc) is 2.71. The maximum absolute atomic E-state index is 12.7. The molecule has 2 amide bonds. The maximum Gasteiger partial charge on any atom is 0.257 e. The third kappa shape index (κ3) is 6.58. The summed E-state index contributed by atoms with van der Waals surface area (Å²) >= 11 is 5.25. The van der Waals surface area contributed by atoms with Gasteiger partial charge in [0.1, 0.15) is 0 Å². The number of carbonyl (C=O) groups excluding carboxylic acids is 2. The van der Waals surface area contributed by atoms with Gasteiger partial charge in [0.2, 0.25) is 5.75 Å². The monoisotopic (exact) mass is 445 g/mol. The van der Waals surface area contributed by atoms with Crippen LogP contribution in [0.3, 0.4) is 0 Å². The van der Waals surface area contributed by atoms with E-state index in [0.717, 1.165) is 0 Å². The summed E-state index contributed by atoms with van der Waals surface area (Å²) in [7, 11) is 4.41. The van der Waals surface area contributed by atoms with Crippen molar-refractivity contribution in [2.75, 3.05) is 26.6 Å². The van der Waals surface area contributed by atoms with Gasteiger partial charge in [-0.3, -0.25) is 14.9 Å². The Hall–Kier alpha value is -3.33. The number of methoxy groups -OCH3 is 3. The standard InChI is InChI=1S/C22H27N3O5S/c1-22(2,3)25-20(27)13-8-7-9-15(10-13)23-21(31)24-19(26)14-11-16(28-4)18(30-6)17(12-14)29-5/h7-12H,1-6H3,(H,25,27)(H2,23,24,26,31). The van der Waals surface area contributed by atoms with Crippen LogP contribution < -0.4 is 30.2 Å². The Balaban J connectivity index is 2.12. The van der Waals surface area contributed by atoms with Crippen LogP contribution >= 0.6 is 12.2 Å². The second-order valence-corrected chi connectivity index (χ2v) is 8.02. The number of hydrogen-bond acceptors (Lipinski definition) is 6. The molecule has 0 unspecified atom stereocenters. The Labute approximate surface area is 187 Å². The van der Waals surface area contributed by atoms with Crippen LogP contribution in [-0.4, -0.2) is 43.8 Å². The van der Waals surface area contributed by atoms with Crippen LogP contribution in [0.2, 0.25) is 0 Å². The number of amides is 2. The smallest absolute Gasteiger partial charge is 0.257 e. The first-order valence-corrected chi connectivity index (χ1v) is 9.83. The lowest BCUT2D eigenvalue weighted by molar-refractivity contribution is 0.0918. The van der Waals surface area contributed by atoms with Crippen molar-refractivity contribution in [3.63, 3.8) is 0 Å². The van der Waals surface area contributed by atoms with Crippen LogP contribution in [0.25, 0.3) is 0 Å². The van der Waals surface area contributed by atoms with Gasteiger partial charge < -0.3 is 24.8 Å². The lowest BCUT2D eigenvalue weighted by atomic mass is 10.1. The molecule has 0 atom stereocenters. The molecule has 0 spiro atoms. The fraction of sp³-hybridized carbons (Fsp3) is 0.318. The second-order valence-electron chi connectivity index (χ2n) is 7.61. The predicted molar refractivity (Wildman–Crippen MR) is 123 cm³/mol. The largest absolute Gasteiger partial charge is 0.493 e. The lowest BCUT2D eigenvalue weighted by Crippen LogP contribution is -2.40. The Morgan fingerprint density at radius 1 is 0.871 bits per heavy atom. The quantitative estimate of drug-likeness (QED) is 0.587. The highest BCUT2D eigenvalue weighted by Crippen LogP contribution is 2.38. The van der Waals surface area contributed by atoms with Crippen LogP contribution in [0.15, 0.2) is 36.4 Å². The summed E-state index contributed by atoms with van der Waals surface area (Å²) in [5, 5.41) is 8.49. The summed E-state index contributed by atoms with van der Waals surface area (Å²) in [6.07, 6.45) is 0. The molecule has 0 aromatic heterocycles. The molecule has 8 nitrogen and oxygen atoms in total. The van der Waals surface area contributed by atoms with Gasteiger partial charge in [-0.05, 0) is 63.3 Å². The number of benzene rings is 2. The third-order valence-corrected chi connectivity index (χ3v) is 4.23. The molecular weight excluding hydrogens is 418 g/mol. The number of carbonyl (C=O) groups is 2. The zero-order valence-corrected chi connectivity index (χ0v) is 19.2. The number of thiocarbonyl (C=S) groups is 1. The van der Waals surface area contributed by atoms with E-state index in [1.165, 1.54) is 33.5 Å². The SMILES string of the molecule is COc1cc(C(=O)NC(=S)Nc2cccc(C(=O)NC(C)(C)C)c2)cc(OC)c1OC. The molecule has 0 aliphatic rings. The molecule has 0 saturated carbocycles. The van der Waals surface area contributed by atoms with Crippen molar-refractivity contribution < 1.29 is 23.8 Å². The van der Waals surface area contributed by atoms with E-state index in [1.807, 2.05) is 20.8 Å². The molecule has 0 bridgehead atoms. The summed E-state index contributed by atoms with van der Waals surface area (Å²) in [5.74, 6) is 0.418. The zero-order chi connectivity index (χ0) is 23.2. The zero-order valence-electron chi connectivity index (χ0n) is 18.4. The van der Waals surface area contributed by atoms with Crippen molar-refractivity contribution in [2.24, 2.45) is 0 Å². The molecule has 2 aromatic carbocycles. The van der Waals surface area contributed by atoms with E-state index < -0.39 is 5.91 Å². The van der Waals surface area contributed by atoms with E-state index in [1.54, 1.807) is 24.3 Å². The highest BCUT2D eigenvalue weighted by molar-refractivity contribution is 7.80. The molecule has 0 aliphatic carbocycles. The molecule has 3 N–H and O–H groups in total. The van der Waals surface area contributed by atoms with Gasteiger partial charge in [0.15, 0.2) is 16.6 Å².